The van der Waals surface area contributed by atoms with Crippen LogP contribution in [0.2, 0.25) is 5.02 Å². The van der Waals surface area contributed by atoms with E-state index in [1.165, 1.54) is 25.3 Å². The normalized spacial score (nSPS) is 19.9. The van der Waals surface area contributed by atoms with E-state index in [1.807, 2.05) is 0 Å². The number of hydrogen-bond donors (Lipinski definition) is 2. The Morgan fingerprint density at radius 2 is 2.00 bits per heavy atom. The summed E-state index contributed by atoms with van der Waals surface area (Å²) in [6.45, 7) is 3.17. The molecule has 200 valence electrons. The summed E-state index contributed by atoms with van der Waals surface area (Å²) in [6, 6.07) is 10.8. The van der Waals surface area contributed by atoms with Gasteiger partial charge >= 0.3 is 0 Å². The van der Waals surface area contributed by atoms with E-state index in [2.05, 4.69) is 4.98 Å². The summed E-state index contributed by atoms with van der Waals surface area (Å²) in [5.74, 6) is 0.672. The summed E-state index contributed by atoms with van der Waals surface area (Å²) in [5.41, 5.74) is -0.920. The Morgan fingerprint density at radius 1 is 1.24 bits per heavy atom. The van der Waals surface area contributed by atoms with Crippen LogP contribution in [0, 0.1) is 5.82 Å². The van der Waals surface area contributed by atoms with Gasteiger partial charge in [-0.3, -0.25) is 4.79 Å². The Hall–Kier alpha value is -3.20. The van der Waals surface area contributed by atoms with Gasteiger partial charge < -0.3 is 24.4 Å². The van der Waals surface area contributed by atoms with Gasteiger partial charge in [-0.2, -0.15) is 0 Å². The van der Waals surface area contributed by atoms with Gasteiger partial charge in [-0.1, -0.05) is 11.6 Å². The Morgan fingerprint density at radius 3 is 2.68 bits per heavy atom. The fraction of sp³-hybridized carbons (Fsp3) is 0.379. The molecule has 0 saturated heterocycles. The molecule has 2 unspecified atom stereocenters. The second-order valence-electron chi connectivity index (χ2n) is 10.3. The smallest absolute Gasteiger partial charge is 0.163 e. The number of aromatic nitrogens is 1. The number of ketones is 1. The van der Waals surface area contributed by atoms with Gasteiger partial charge in [0.1, 0.15) is 29.3 Å². The Labute approximate surface area is 225 Å². The molecular formula is C29H29ClFNO6. The maximum atomic E-state index is 13.8. The molecule has 9 heteroatoms. The number of ether oxygens (including phenoxy) is 3. The number of carbonyl (C=O) groups excluding carboxylic acids is 1. The van der Waals surface area contributed by atoms with Gasteiger partial charge in [0.25, 0.3) is 0 Å². The lowest BCUT2D eigenvalue weighted by atomic mass is 9.88. The molecule has 2 N–H and O–H groups in total. The molecule has 0 radical (unpaired) electrons. The maximum Gasteiger partial charge on any atom is 0.163 e. The van der Waals surface area contributed by atoms with Crippen LogP contribution in [0.5, 0.6) is 17.2 Å². The molecular weight excluding hydrogens is 513 g/mol. The highest BCUT2D eigenvalue weighted by Gasteiger charge is 2.39. The highest BCUT2D eigenvalue weighted by molar-refractivity contribution is 6.31. The van der Waals surface area contributed by atoms with Gasteiger partial charge in [0, 0.05) is 23.1 Å². The average molecular weight is 542 g/mol. The lowest BCUT2D eigenvalue weighted by Crippen LogP contribution is -2.26. The van der Waals surface area contributed by atoms with Gasteiger partial charge in [-0.05, 0) is 75.6 Å². The first-order valence-electron chi connectivity index (χ1n) is 12.5. The summed E-state index contributed by atoms with van der Waals surface area (Å²) < 4.78 is 30.8. The van der Waals surface area contributed by atoms with Crippen molar-refractivity contribution in [2.24, 2.45) is 0 Å². The maximum absolute atomic E-state index is 13.8. The molecule has 1 fully saturated rings. The van der Waals surface area contributed by atoms with Crippen molar-refractivity contribution in [3.63, 3.8) is 0 Å². The van der Waals surface area contributed by atoms with Crippen molar-refractivity contribution in [1.82, 2.24) is 4.98 Å². The quantitative estimate of drug-likeness (QED) is 0.342. The van der Waals surface area contributed by atoms with Gasteiger partial charge in [0.2, 0.25) is 0 Å². The van der Waals surface area contributed by atoms with Gasteiger partial charge in [-0.25, -0.2) is 9.37 Å². The number of fused-ring (bicyclic) bond motifs is 1. The lowest BCUT2D eigenvalue weighted by molar-refractivity contribution is 0.0323. The Balaban J connectivity index is 1.41. The minimum absolute atomic E-state index is 0.00168. The van der Waals surface area contributed by atoms with Crippen LogP contribution in [-0.4, -0.2) is 40.8 Å². The molecule has 2 aromatic carbocycles. The molecule has 0 spiro atoms. The topological polar surface area (TPSA) is 98.1 Å². The van der Waals surface area contributed by atoms with Crippen molar-refractivity contribution in [2.75, 3.05) is 13.7 Å². The molecule has 2 heterocycles. The molecule has 1 aliphatic carbocycles. The first kappa shape index (κ1) is 26.4. The van der Waals surface area contributed by atoms with Crippen molar-refractivity contribution < 1.29 is 33.6 Å². The average Bonchev–Trinajstić information content (AvgIpc) is 3.65. The fourth-order valence-corrected chi connectivity index (χ4v) is 4.60. The monoisotopic (exact) mass is 541 g/mol. The molecule has 7 nitrogen and oxygen atoms in total. The minimum atomic E-state index is -1.53. The third-order valence-electron chi connectivity index (χ3n) is 6.94. The number of halogens is 2. The standard InChI is InChI=1S/C29H29ClFNO6/c1-28(34,11-10-22(33)16-5-9-23(24(13-16)36-3)38-18-6-7-18)25-14-19-27(37-15-29(19,2)35)26(32-25)17-4-8-21(31)20(30)12-17/h4-5,8-9,12-14,18,34-35H,6-7,10-11,15H2,1-3H3. The summed E-state index contributed by atoms with van der Waals surface area (Å²) >= 11 is 6.01. The van der Waals surface area contributed by atoms with E-state index in [9.17, 15) is 19.4 Å². The van der Waals surface area contributed by atoms with Crippen LogP contribution >= 0.6 is 11.6 Å². The Bertz CT molecular complexity index is 1400. The number of carbonyl (C=O) groups is 1. The van der Waals surface area contributed by atoms with E-state index in [-0.39, 0.29) is 42.1 Å². The van der Waals surface area contributed by atoms with Crippen molar-refractivity contribution >= 4 is 17.4 Å². The highest BCUT2D eigenvalue weighted by atomic mass is 35.5. The van der Waals surface area contributed by atoms with Gasteiger partial charge in [-0.15, -0.1) is 0 Å². The summed E-state index contributed by atoms with van der Waals surface area (Å²) in [4.78, 5) is 17.7. The van der Waals surface area contributed by atoms with Gasteiger partial charge in [0.05, 0.1) is 23.9 Å². The number of benzene rings is 2. The molecule has 1 saturated carbocycles. The van der Waals surface area contributed by atoms with E-state index in [4.69, 9.17) is 25.8 Å². The molecule has 1 aromatic heterocycles. The summed E-state index contributed by atoms with van der Waals surface area (Å²) in [7, 11) is 1.53. The second kappa shape index (κ2) is 9.84. The summed E-state index contributed by atoms with van der Waals surface area (Å²) in [5, 5.41) is 22.3. The van der Waals surface area contributed by atoms with Crippen molar-refractivity contribution in [2.45, 2.75) is 56.8 Å². The van der Waals surface area contributed by atoms with E-state index < -0.39 is 17.0 Å². The van der Waals surface area contributed by atoms with Crippen LogP contribution in [0.15, 0.2) is 42.5 Å². The van der Waals surface area contributed by atoms with E-state index in [1.54, 1.807) is 38.1 Å². The SMILES string of the molecule is COc1cc(C(=O)CCC(C)(O)c2cc3c(c(-c4ccc(F)c(Cl)c4)n2)OCC3(C)O)ccc1OC1CC1. The zero-order valence-electron chi connectivity index (χ0n) is 21.4. The van der Waals surface area contributed by atoms with Crippen molar-refractivity contribution in [3.8, 4) is 28.5 Å². The Kier molecular flexibility index (Phi) is 6.84. The van der Waals surface area contributed by atoms with Gasteiger partial charge in [0.15, 0.2) is 23.0 Å². The van der Waals surface area contributed by atoms with Crippen LogP contribution in [0.4, 0.5) is 4.39 Å². The molecule has 1 aliphatic heterocycles. The molecule has 2 atom stereocenters. The zero-order chi connectivity index (χ0) is 27.2. The van der Waals surface area contributed by atoms with Crippen molar-refractivity contribution in [1.29, 1.82) is 0 Å². The van der Waals surface area contributed by atoms with E-state index >= 15 is 0 Å². The number of nitrogens with zero attached hydrogens (tertiary/aromatic N) is 1. The number of methoxy groups -OCH3 is 1. The first-order valence-corrected chi connectivity index (χ1v) is 12.8. The molecule has 5 rings (SSSR count). The number of pyridine rings is 1. The second-order valence-corrected chi connectivity index (χ2v) is 10.7. The van der Waals surface area contributed by atoms with Crippen LogP contribution in [-0.2, 0) is 11.2 Å². The predicted molar refractivity (Wildman–Crippen MR) is 139 cm³/mol. The van der Waals surface area contributed by atoms with Crippen LogP contribution in [0.1, 0.15) is 61.1 Å². The van der Waals surface area contributed by atoms with E-state index in [0.717, 1.165) is 12.8 Å². The number of Topliss-reactive ketones (excluding diaryl/α,β-unsaturated/α-hetero) is 1. The van der Waals surface area contributed by atoms with Crippen molar-refractivity contribution in [3.05, 3.63) is 70.1 Å². The van der Waals surface area contributed by atoms with Crippen LogP contribution in [0.3, 0.4) is 0 Å². The third kappa shape index (κ3) is 5.21. The third-order valence-corrected chi connectivity index (χ3v) is 7.23. The van der Waals surface area contributed by atoms with E-state index in [0.29, 0.717) is 39.6 Å². The van der Waals surface area contributed by atoms with Crippen LogP contribution < -0.4 is 14.2 Å². The molecule has 38 heavy (non-hydrogen) atoms. The zero-order valence-corrected chi connectivity index (χ0v) is 22.1. The molecule has 0 amide bonds. The number of hydrogen-bond acceptors (Lipinski definition) is 7. The summed E-state index contributed by atoms with van der Waals surface area (Å²) in [6.07, 6.45) is 2.30. The largest absolute Gasteiger partial charge is 0.493 e. The van der Waals surface area contributed by atoms with Crippen LogP contribution in [0.25, 0.3) is 11.3 Å². The molecule has 3 aromatic rings. The fourth-order valence-electron chi connectivity index (χ4n) is 4.42. The highest BCUT2D eigenvalue weighted by Crippen LogP contribution is 2.45. The molecule has 2 aliphatic rings. The number of rotatable bonds is 9. The lowest BCUT2D eigenvalue weighted by Gasteiger charge is -2.25. The predicted octanol–water partition coefficient (Wildman–Crippen LogP) is 5.56. The number of aliphatic hydroxyl groups is 2. The molecule has 0 bridgehead atoms. The first-order chi connectivity index (χ1) is 18.0. The minimum Gasteiger partial charge on any atom is -0.493 e.